The number of nitriles is 1. The van der Waals surface area contributed by atoms with Crippen LogP contribution >= 0.6 is 0 Å². The summed E-state index contributed by atoms with van der Waals surface area (Å²) in [5, 5.41) is 21.2. The number of hydrogen-bond donors (Lipinski definition) is 2. The first-order valence-corrected chi connectivity index (χ1v) is 11.7. The summed E-state index contributed by atoms with van der Waals surface area (Å²) < 4.78 is 5.88. The van der Waals surface area contributed by atoms with Gasteiger partial charge in [0.25, 0.3) is 0 Å². The van der Waals surface area contributed by atoms with E-state index in [1.807, 2.05) is 18.2 Å². The van der Waals surface area contributed by atoms with Gasteiger partial charge in [0.2, 0.25) is 11.8 Å². The van der Waals surface area contributed by atoms with Crippen molar-refractivity contribution < 1.29 is 24.2 Å². The summed E-state index contributed by atoms with van der Waals surface area (Å²) in [6.45, 7) is 1.22. The molecule has 8 heteroatoms. The Balaban J connectivity index is 1.39. The first-order chi connectivity index (χ1) is 16.9. The Bertz CT molecular complexity index is 1290. The average Bonchev–Trinajstić information content (AvgIpc) is 3.40. The van der Waals surface area contributed by atoms with E-state index in [2.05, 4.69) is 11.4 Å². The summed E-state index contributed by atoms with van der Waals surface area (Å²) in [4.78, 5) is 38.2. The molecule has 5 rings (SSSR count). The van der Waals surface area contributed by atoms with E-state index in [9.17, 15) is 19.6 Å². The molecule has 2 atom stereocenters. The minimum absolute atomic E-state index is 0.114. The summed E-state index contributed by atoms with van der Waals surface area (Å²) in [7, 11) is 0. The van der Waals surface area contributed by atoms with Crippen LogP contribution in [0.25, 0.3) is 0 Å². The molecule has 0 aromatic heterocycles. The Morgan fingerprint density at radius 1 is 1.29 bits per heavy atom. The van der Waals surface area contributed by atoms with Crippen LogP contribution in [-0.2, 0) is 26.2 Å². The molecule has 2 fully saturated rings. The molecule has 2 heterocycles. The molecule has 3 aliphatic rings. The van der Waals surface area contributed by atoms with Crippen LogP contribution in [0.4, 0.5) is 11.4 Å². The number of amides is 2. The SMILES string of the molecule is N#Cc1ccc(CC=CC(=O)O)c(NC(=O)[C@@H]2C[C@]23CCOc2ccc(N4CCCC4=O)cc23)c1. The minimum Gasteiger partial charge on any atom is -0.493 e. The molecule has 2 aromatic carbocycles. The number of aliphatic carboxylic acids is 1. The Kier molecular flexibility index (Phi) is 5.77. The number of carbonyl (C=O) groups is 3. The number of anilines is 2. The van der Waals surface area contributed by atoms with Gasteiger partial charge < -0.3 is 20.1 Å². The van der Waals surface area contributed by atoms with Gasteiger partial charge in [-0.1, -0.05) is 12.1 Å². The number of nitrogens with zero attached hydrogens (tertiary/aromatic N) is 2. The van der Waals surface area contributed by atoms with E-state index in [-0.39, 0.29) is 23.1 Å². The number of rotatable bonds is 6. The van der Waals surface area contributed by atoms with Gasteiger partial charge in [-0.25, -0.2) is 4.79 Å². The first-order valence-electron chi connectivity index (χ1n) is 11.7. The second kappa shape index (κ2) is 8.91. The number of allylic oxidation sites excluding steroid dienone is 1. The maximum Gasteiger partial charge on any atom is 0.327 e. The second-order valence-electron chi connectivity index (χ2n) is 9.26. The molecule has 2 aromatic rings. The summed E-state index contributed by atoms with van der Waals surface area (Å²) >= 11 is 0. The van der Waals surface area contributed by atoms with Crippen LogP contribution in [-0.4, -0.2) is 36.0 Å². The number of carbonyl (C=O) groups excluding carboxylic acids is 2. The molecule has 1 spiro atoms. The number of fused-ring (bicyclic) bond motifs is 2. The fourth-order valence-corrected chi connectivity index (χ4v) is 5.27. The molecule has 2 aliphatic heterocycles. The zero-order chi connectivity index (χ0) is 24.6. The number of nitrogens with one attached hydrogen (secondary N) is 1. The second-order valence-corrected chi connectivity index (χ2v) is 9.26. The molecule has 35 heavy (non-hydrogen) atoms. The Morgan fingerprint density at radius 3 is 2.89 bits per heavy atom. The lowest BCUT2D eigenvalue weighted by atomic mass is 9.86. The molecule has 2 N–H and O–H groups in total. The van der Waals surface area contributed by atoms with Crippen molar-refractivity contribution in [2.24, 2.45) is 5.92 Å². The Morgan fingerprint density at radius 2 is 2.14 bits per heavy atom. The molecular formula is C27H25N3O5. The standard InChI is InChI=1S/C27H25N3O5/c28-16-17-6-7-18(3-1-5-25(32)33)22(13-17)29-26(34)21-15-27(21)10-12-35-23-9-8-19(14-20(23)27)30-11-2-4-24(30)31/h1,5-9,13-14,21H,2-4,10-12,15H2,(H,29,34)(H,32,33)/t21-,27-/m0/s1. The monoisotopic (exact) mass is 471 g/mol. The summed E-state index contributed by atoms with van der Waals surface area (Å²) in [6, 6.07) is 12.9. The largest absolute Gasteiger partial charge is 0.493 e. The van der Waals surface area contributed by atoms with Gasteiger partial charge in [-0.05, 0) is 61.6 Å². The average molecular weight is 472 g/mol. The van der Waals surface area contributed by atoms with Gasteiger partial charge in [-0.15, -0.1) is 0 Å². The molecule has 1 aliphatic carbocycles. The molecule has 2 amide bonds. The molecule has 1 saturated carbocycles. The zero-order valence-corrected chi connectivity index (χ0v) is 19.1. The highest BCUT2D eigenvalue weighted by Crippen LogP contribution is 2.61. The van der Waals surface area contributed by atoms with E-state index >= 15 is 0 Å². The Labute approximate surface area is 202 Å². The zero-order valence-electron chi connectivity index (χ0n) is 19.1. The lowest BCUT2D eigenvalue weighted by Crippen LogP contribution is -2.28. The number of ether oxygens (including phenoxy) is 1. The normalized spacial score (nSPS) is 22.5. The van der Waals surface area contributed by atoms with E-state index in [1.54, 1.807) is 23.1 Å². The highest BCUT2D eigenvalue weighted by Gasteiger charge is 2.61. The lowest BCUT2D eigenvalue weighted by Gasteiger charge is -2.28. The van der Waals surface area contributed by atoms with Crippen molar-refractivity contribution in [3.63, 3.8) is 0 Å². The molecule has 8 nitrogen and oxygen atoms in total. The minimum atomic E-state index is -1.04. The van der Waals surface area contributed by atoms with Crippen molar-refractivity contribution >= 4 is 29.2 Å². The number of carboxylic acid groups (broad SMARTS) is 1. The van der Waals surface area contributed by atoms with Crippen LogP contribution in [0.3, 0.4) is 0 Å². The van der Waals surface area contributed by atoms with Crippen molar-refractivity contribution in [1.82, 2.24) is 0 Å². The third kappa shape index (κ3) is 4.26. The van der Waals surface area contributed by atoms with Crippen molar-refractivity contribution in [1.29, 1.82) is 5.26 Å². The Hall–Kier alpha value is -4.12. The molecule has 0 bridgehead atoms. The topological polar surface area (TPSA) is 120 Å². The smallest absolute Gasteiger partial charge is 0.327 e. The summed E-state index contributed by atoms with van der Waals surface area (Å²) in [5.74, 6) is -0.574. The number of carboxylic acids is 1. The summed E-state index contributed by atoms with van der Waals surface area (Å²) in [6.07, 6.45) is 5.66. The van der Waals surface area contributed by atoms with Crippen molar-refractivity contribution in [3.05, 3.63) is 65.2 Å². The molecule has 0 radical (unpaired) electrons. The van der Waals surface area contributed by atoms with Crippen LogP contribution in [0.15, 0.2) is 48.6 Å². The van der Waals surface area contributed by atoms with Crippen molar-refractivity contribution in [2.75, 3.05) is 23.4 Å². The maximum atomic E-state index is 13.4. The van der Waals surface area contributed by atoms with Crippen molar-refractivity contribution in [2.45, 2.75) is 37.5 Å². The lowest BCUT2D eigenvalue weighted by molar-refractivity contribution is -0.131. The van der Waals surface area contributed by atoms with E-state index in [1.165, 1.54) is 6.08 Å². The van der Waals surface area contributed by atoms with E-state index in [0.717, 1.165) is 35.1 Å². The third-order valence-electron chi connectivity index (χ3n) is 7.18. The van der Waals surface area contributed by atoms with Gasteiger partial charge in [0, 0.05) is 47.3 Å². The molecule has 0 unspecified atom stereocenters. The van der Waals surface area contributed by atoms with E-state index in [0.29, 0.717) is 50.1 Å². The highest BCUT2D eigenvalue weighted by atomic mass is 16.5. The summed E-state index contributed by atoms with van der Waals surface area (Å²) in [5.41, 5.74) is 3.12. The van der Waals surface area contributed by atoms with E-state index < -0.39 is 5.97 Å². The maximum absolute atomic E-state index is 13.4. The number of hydrogen-bond acceptors (Lipinski definition) is 5. The third-order valence-corrected chi connectivity index (χ3v) is 7.18. The van der Waals surface area contributed by atoms with Gasteiger partial charge in [0.1, 0.15) is 5.75 Å². The fraction of sp³-hybridized carbons (Fsp3) is 0.333. The number of benzene rings is 2. The van der Waals surface area contributed by atoms with Gasteiger partial charge in [0.05, 0.1) is 18.2 Å². The predicted octanol–water partition coefficient (Wildman–Crippen LogP) is 3.55. The first kappa shape index (κ1) is 22.7. The highest BCUT2D eigenvalue weighted by molar-refractivity contribution is 5.98. The van der Waals surface area contributed by atoms with Gasteiger partial charge >= 0.3 is 5.97 Å². The quantitative estimate of drug-likeness (QED) is 0.622. The fourth-order valence-electron chi connectivity index (χ4n) is 5.27. The van der Waals surface area contributed by atoms with Crippen LogP contribution in [0.5, 0.6) is 5.75 Å². The van der Waals surface area contributed by atoms with Crippen LogP contribution in [0.2, 0.25) is 0 Å². The van der Waals surface area contributed by atoms with Crippen LogP contribution in [0, 0.1) is 17.2 Å². The van der Waals surface area contributed by atoms with Gasteiger partial charge in [-0.3, -0.25) is 9.59 Å². The van der Waals surface area contributed by atoms with Crippen LogP contribution in [0.1, 0.15) is 42.4 Å². The van der Waals surface area contributed by atoms with Crippen LogP contribution < -0.4 is 15.0 Å². The molecular weight excluding hydrogens is 446 g/mol. The van der Waals surface area contributed by atoms with Crippen molar-refractivity contribution in [3.8, 4) is 11.8 Å². The van der Waals surface area contributed by atoms with Gasteiger partial charge in [-0.2, -0.15) is 5.26 Å². The molecule has 1 saturated heterocycles. The van der Waals surface area contributed by atoms with Gasteiger partial charge in [0.15, 0.2) is 0 Å². The molecule has 178 valence electrons. The van der Waals surface area contributed by atoms with E-state index in [4.69, 9.17) is 9.84 Å². The predicted molar refractivity (Wildman–Crippen MR) is 128 cm³/mol.